The van der Waals surface area contributed by atoms with Gasteiger partial charge in [0.05, 0.1) is 16.2 Å². The number of nitro groups is 1. The minimum absolute atomic E-state index is 0.108. The van der Waals surface area contributed by atoms with Crippen LogP contribution in [0.4, 0.5) is 16.2 Å². The molecule has 28 heavy (non-hydrogen) atoms. The van der Waals surface area contributed by atoms with E-state index >= 15 is 0 Å². The van der Waals surface area contributed by atoms with Crippen LogP contribution in [0.2, 0.25) is 0 Å². The van der Waals surface area contributed by atoms with E-state index in [-0.39, 0.29) is 11.3 Å². The van der Waals surface area contributed by atoms with Crippen molar-refractivity contribution in [3.63, 3.8) is 0 Å². The summed E-state index contributed by atoms with van der Waals surface area (Å²) >= 11 is 3.27. The van der Waals surface area contributed by atoms with E-state index in [1.807, 2.05) is 0 Å². The van der Waals surface area contributed by atoms with Gasteiger partial charge in [0.25, 0.3) is 17.5 Å². The van der Waals surface area contributed by atoms with Crippen molar-refractivity contribution in [2.24, 2.45) is 0 Å². The number of urea groups is 1. The molecule has 1 saturated heterocycles. The number of halogens is 1. The second-order valence-corrected chi connectivity index (χ2v) is 6.55. The minimum Gasteiger partial charge on any atom is -0.273 e. The van der Waals surface area contributed by atoms with Crippen LogP contribution in [0.25, 0.3) is 6.08 Å². The van der Waals surface area contributed by atoms with Crippen molar-refractivity contribution in [1.82, 2.24) is 5.32 Å². The molecule has 1 heterocycles. The highest BCUT2D eigenvalue weighted by Gasteiger charge is 2.36. The zero-order valence-corrected chi connectivity index (χ0v) is 15.8. The van der Waals surface area contributed by atoms with Gasteiger partial charge >= 0.3 is 6.03 Å². The lowest BCUT2D eigenvalue weighted by Crippen LogP contribution is -2.54. The molecule has 9 heteroatoms. The van der Waals surface area contributed by atoms with Crippen LogP contribution in [0.3, 0.4) is 0 Å². The Kier molecular flexibility index (Phi) is 5.46. The second-order valence-electron chi connectivity index (χ2n) is 5.63. The summed E-state index contributed by atoms with van der Waals surface area (Å²) < 4.78 is 0.764. The van der Waals surface area contributed by atoms with Crippen molar-refractivity contribution in [1.29, 1.82) is 0 Å². The molecule has 0 aliphatic carbocycles. The highest BCUT2D eigenvalue weighted by atomic mass is 79.9. The molecule has 0 radical (unpaired) electrons. The van der Waals surface area contributed by atoms with E-state index < -0.39 is 22.8 Å². The van der Waals surface area contributed by atoms with Gasteiger partial charge in [-0.15, -0.1) is 0 Å². The van der Waals surface area contributed by atoms with Crippen LogP contribution >= 0.6 is 15.9 Å². The molecule has 0 spiro atoms. The highest BCUT2D eigenvalue weighted by Crippen LogP contribution is 2.23. The molecule has 1 N–H and O–H groups in total. The molecule has 1 fully saturated rings. The Balaban J connectivity index is 1.91. The van der Waals surface area contributed by atoms with Crippen molar-refractivity contribution in [2.45, 2.75) is 0 Å². The lowest BCUT2D eigenvalue weighted by Gasteiger charge is -2.26. The van der Waals surface area contributed by atoms with Crippen LogP contribution in [0.1, 0.15) is 5.56 Å². The number of amides is 4. The predicted molar refractivity (Wildman–Crippen MR) is 105 cm³/mol. The second kappa shape index (κ2) is 7.97. The molecule has 2 aromatic rings. The molecule has 0 bridgehead atoms. The van der Waals surface area contributed by atoms with E-state index in [1.54, 1.807) is 30.3 Å². The number of nitrogens with zero attached hydrogens (tertiary/aromatic N) is 2. The molecule has 0 saturated carbocycles. The van der Waals surface area contributed by atoms with Crippen LogP contribution in [-0.4, -0.2) is 22.8 Å². The first-order valence-electron chi connectivity index (χ1n) is 7.95. The summed E-state index contributed by atoms with van der Waals surface area (Å²) in [5, 5.41) is 13.1. The van der Waals surface area contributed by atoms with Gasteiger partial charge in [-0.3, -0.25) is 25.0 Å². The van der Waals surface area contributed by atoms with E-state index in [2.05, 4.69) is 21.2 Å². The first kappa shape index (κ1) is 19.2. The first-order valence-corrected chi connectivity index (χ1v) is 8.75. The Morgan fingerprint density at radius 2 is 1.71 bits per heavy atom. The maximum atomic E-state index is 12.7. The highest BCUT2D eigenvalue weighted by molar-refractivity contribution is 9.10. The van der Waals surface area contributed by atoms with Gasteiger partial charge in [-0.25, -0.2) is 9.69 Å². The average Bonchev–Trinajstić information content (AvgIpc) is 2.66. The number of imide groups is 2. The summed E-state index contributed by atoms with van der Waals surface area (Å²) in [6.45, 7) is 0. The predicted octanol–water partition coefficient (Wildman–Crippen LogP) is 3.58. The summed E-state index contributed by atoms with van der Waals surface area (Å²) in [7, 11) is 0. The summed E-state index contributed by atoms with van der Waals surface area (Å²) in [5.74, 6) is -1.63. The summed E-state index contributed by atoms with van der Waals surface area (Å²) in [6.07, 6.45) is 3.98. The molecule has 4 amide bonds. The number of allylic oxidation sites excluding steroid dienone is 2. The molecule has 1 aliphatic heterocycles. The third-order valence-electron chi connectivity index (χ3n) is 3.86. The molecule has 8 nitrogen and oxygen atoms in total. The van der Waals surface area contributed by atoms with Crippen LogP contribution in [0.5, 0.6) is 0 Å². The normalized spacial score (nSPS) is 16.0. The molecular weight excluding hydrogens is 430 g/mol. The molecule has 140 valence electrons. The topological polar surface area (TPSA) is 110 Å². The molecule has 2 aromatic carbocycles. The SMILES string of the molecule is O=C1NC(=O)N(c2ccc(Br)cc2)C(=O)/C1=C/C=C/c1ccccc1[N+](=O)[O-]. The Bertz CT molecular complexity index is 1040. The van der Waals surface area contributed by atoms with Crippen molar-refractivity contribution in [3.8, 4) is 0 Å². The number of hydrogen-bond acceptors (Lipinski definition) is 5. The van der Waals surface area contributed by atoms with Gasteiger partial charge in [-0.05, 0) is 42.5 Å². The van der Waals surface area contributed by atoms with Gasteiger partial charge in [0, 0.05) is 10.5 Å². The number of barbiturate groups is 1. The zero-order valence-electron chi connectivity index (χ0n) is 14.2. The molecule has 0 aromatic heterocycles. The quantitative estimate of drug-likeness (QED) is 0.337. The maximum absolute atomic E-state index is 12.7. The Labute approximate surface area is 167 Å². The van der Waals surface area contributed by atoms with Gasteiger partial charge in [-0.2, -0.15) is 0 Å². The Morgan fingerprint density at radius 1 is 1.04 bits per heavy atom. The van der Waals surface area contributed by atoms with E-state index in [0.717, 1.165) is 9.37 Å². The third-order valence-corrected chi connectivity index (χ3v) is 4.39. The van der Waals surface area contributed by atoms with E-state index in [4.69, 9.17) is 0 Å². The maximum Gasteiger partial charge on any atom is 0.335 e. The number of hydrogen-bond donors (Lipinski definition) is 1. The zero-order chi connectivity index (χ0) is 20.3. The monoisotopic (exact) mass is 441 g/mol. The van der Waals surface area contributed by atoms with Crippen LogP contribution < -0.4 is 10.2 Å². The minimum atomic E-state index is -0.850. The van der Waals surface area contributed by atoms with Crippen LogP contribution in [-0.2, 0) is 9.59 Å². The van der Waals surface area contributed by atoms with Gasteiger partial charge in [0.15, 0.2) is 0 Å². The van der Waals surface area contributed by atoms with Crippen LogP contribution in [0.15, 0.2) is 70.7 Å². The number of nitrogens with one attached hydrogen (secondary N) is 1. The van der Waals surface area contributed by atoms with Crippen molar-refractivity contribution < 1.29 is 19.3 Å². The Hall–Kier alpha value is -3.59. The summed E-state index contributed by atoms with van der Waals surface area (Å²) in [5.41, 5.74) is 0.237. The number of nitro benzene ring substituents is 1. The van der Waals surface area contributed by atoms with E-state index in [9.17, 15) is 24.5 Å². The molecular formula is C19H12BrN3O5. The van der Waals surface area contributed by atoms with E-state index in [0.29, 0.717) is 11.3 Å². The fourth-order valence-corrected chi connectivity index (χ4v) is 2.81. The molecule has 3 rings (SSSR count). The van der Waals surface area contributed by atoms with Crippen molar-refractivity contribution >= 4 is 51.2 Å². The average molecular weight is 442 g/mol. The van der Waals surface area contributed by atoms with Gasteiger partial charge in [-0.1, -0.05) is 34.1 Å². The summed E-state index contributed by atoms with van der Waals surface area (Å²) in [4.78, 5) is 48.2. The molecule has 1 aliphatic rings. The lowest BCUT2D eigenvalue weighted by molar-refractivity contribution is -0.385. The smallest absolute Gasteiger partial charge is 0.273 e. The number of rotatable bonds is 4. The fourth-order valence-electron chi connectivity index (χ4n) is 2.54. The molecule has 0 atom stereocenters. The Morgan fingerprint density at radius 3 is 2.39 bits per heavy atom. The van der Waals surface area contributed by atoms with Gasteiger partial charge in [0.1, 0.15) is 5.57 Å². The van der Waals surface area contributed by atoms with E-state index in [1.165, 1.54) is 36.4 Å². The lowest BCUT2D eigenvalue weighted by atomic mass is 10.1. The fraction of sp³-hybridized carbons (Fsp3) is 0. The number of anilines is 1. The molecule has 0 unspecified atom stereocenters. The largest absolute Gasteiger partial charge is 0.335 e. The van der Waals surface area contributed by atoms with Crippen LogP contribution in [0, 0.1) is 10.1 Å². The number of benzene rings is 2. The third kappa shape index (κ3) is 3.89. The summed E-state index contributed by atoms with van der Waals surface area (Å²) in [6, 6.07) is 11.6. The number of para-hydroxylation sites is 1. The first-order chi connectivity index (χ1) is 13.4. The standard InChI is InChI=1S/C19H12BrN3O5/c20-13-8-10-14(11-9-13)22-18(25)15(17(24)21-19(22)26)6-3-5-12-4-1-2-7-16(12)23(27)28/h1-11H,(H,21,24,26)/b5-3+,15-6+. The number of carbonyl (C=O) groups is 3. The van der Waals surface area contributed by atoms with Gasteiger partial charge < -0.3 is 0 Å². The van der Waals surface area contributed by atoms with Gasteiger partial charge in [0.2, 0.25) is 0 Å². The number of carbonyl (C=O) groups excluding carboxylic acids is 3. The van der Waals surface area contributed by atoms with Crippen molar-refractivity contribution in [3.05, 3.63) is 86.4 Å². The van der Waals surface area contributed by atoms with Crippen molar-refractivity contribution in [2.75, 3.05) is 4.90 Å².